The molecule has 0 aliphatic heterocycles. The molecule has 0 amide bonds. The normalized spacial score (nSPS) is 10.8. The highest BCUT2D eigenvalue weighted by atomic mass is 35.5. The van der Waals surface area contributed by atoms with E-state index in [0.29, 0.717) is 21.7 Å². The molecule has 1 N–H and O–H groups in total. The maximum atomic E-state index is 11.5. The molecule has 1 aromatic carbocycles. The highest BCUT2D eigenvalue weighted by molar-refractivity contribution is 6.35. The average molecular weight is 209 g/mol. The number of aromatic amines is 1. The summed E-state index contributed by atoms with van der Waals surface area (Å²) in [5, 5.41) is 1.10. The van der Waals surface area contributed by atoms with Crippen molar-refractivity contribution in [2.24, 2.45) is 0 Å². The van der Waals surface area contributed by atoms with E-state index < -0.39 is 0 Å². The number of aromatic nitrogens is 2. The zero-order chi connectivity index (χ0) is 10.3. The lowest BCUT2D eigenvalue weighted by molar-refractivity contribution is 1.06. The Balaban J connectivity index is 3.02. The standard InChI is InChI=1S/C10H9ClN2O/c1-5-3-7-9(8(11)4-5)12-6(2)13-10(7)14/h3-4H,1-2H3,(H,12,13,14). The first kappa shape index (κ1) is 9.21. The first-order valence-corrected chi connectivity index (χ1v) is 4.62. The molecule has 72 valence electrons. The fraction of sp³-hybridized carbons (Fsp3) is 0.200. The van der Waals surface area contributed by atoms with Crippen molar-refractivity contribution in [3.63, 3.8) is 0 Å². The number of nitrogens with zero attached hydrogens (tertiary/aromatic N) is 1. The van der Waals surface area contributed by atoms with Crippen molar-refractivity contribution in [2.75, 3.05) is 0 Å². The number of benzene rings is 1. The van der Waals surface area contributed by atoms with Gasteiger partial charge in [0.15, 0.2) is 0 Å². The minimum Gasteiger partial charge on any atom is -0.342 e. The Morgan fingerprint density at radius 2 is 2.07 bits per heavy atom. The number of rotatable bonds is 0. The summed E-state index contributed by atoms with van der Waals surface area (Å²) in [6.45, 7) is 3.63. The van der Waals surface area contributed by atoms with E-state index in [9.17, 15) is 4.79 Å². The molecule has 0 bridgehead atoms. The molecule has 0 saturated heterocycles. The molecule has 2 aromatic rings. The summed E-state index contributed by atoms with van der Waals surface area (Å²) in [6, 6.07) is 3.60. The van der Waals surface area contributed by atoms with Crippen LogP contribution in [0.2, 0.25) is 5.02 Å². The van der Waals surface area contributed by atoms with Crippen molar-refractivity contribution in [3.05, 3.63) is 38.9 Å². The van der Waals surface area contributed by atoms with Gasteiger partial charge in [0.2, 0.25) is 0 Å². The van der Waals surface area contributed by atoms with Crippen LogP contribution in [0.15, 0.2) is 16.9 Å². The van der Waals surface area contributed by atoms with Crippen molar-refractivity contribution in [1.82, 2.24) is 9.97 Å². The van der Waals surface area contributed by atoms with Gasteiger partial charge in [-0.2, -0.15) is 4.98 Å². The fourth-order valence-corrected chi connectivity index (χ4v) is 1.78. The summed E-state index contributed by atoms with van der Waals surface area (Å²) in [6.07, 6.45) is 0. The number of hydrogen-bond acceptors (Lipinski definition) is 2. The Bertz CT molecular complexity index is 560. The van der Waals surface area contributed by atoms with Crippen molar-refractivity contribution in [1.29, 1.82) is 0 Å². The largest absolute Gasteiger partial charge is 0.342 e. The Hall–Kier alpha value is -1.35. The topological polar surface area (TPSA) is 45.8 Å². The quantitative estimate of drug-likeness (QED) is 0.722. The Morgan fingerprint density at radius 1 is 1.36 bits per heavy atom. The number of hydrogen-bond donors (Lipinski definition) is 1. The first-order chi connectivity index (χ1) is 6.58. The highest BCUT2D eigenvalue weighted by Crippen LogP contribution is 2.20. The van der Waals surface area contributed by atoms with E-state index in [0.717, 1.165) is 5.56 Å². The van der Waals surface area contributed by atoms with Crippen LogP contribution in [0.1, 0.15) is 11.4 Å². The SMILES string of the molecule is Cc1cc(Cl)c2[nH]c(C)nc(=O)c2c1. The van der Waals surface area contributed by atoms with Gasteiger partial charge in [0.05, 0.1) is 15.9 Å². The minimum absolute atomic E-state index is 0.234. The zero-order valence-corrected chi connectivity index (χ0v) is 8.64. The van der Waals surface area contributed by atoms with E-state index >= 15 is 0 Å². The van der Waals surface area contributed by atoms with Gasteiger partial charge in [-0.25, -0.2) is 0 Å². The van der Waals surface area contributed by atoms with Gasteiger partial charge in [0, 0.05) is 0 Å². The molecule has 0 unspecified atom stereocenters. The lowest BCUT2D eigenvalue weighted by Gasteiger charge is -2.02. The molecule has 0 atom stereocenters. The smallest absolute Gasteiger partial charge is 0.280 e. The van der Waals surface area contributed by atoms with Gasteiger partial charge in [-0.15, -0.1) is 0 Å². The number of aryl methyl sites for hydroxylation is 2. The summed E-state index contributed by atoms with van der Waals surface area (Å²) < 4.78 is 0. The molecule has 0 fully saturated rings. The zero-order valence-electron chi connectivity index (χ0n) is 7.89. The molecule has 4 heteroatoms. The molecule has 0 aliphatic carbocycles. The highest BCUT2D eigenvalue weighted by Gasteiger charge is 2.05. The van der Waals surface area contributed by atoms with Crippen LogP contribution in [0.25, 0.3) is 10.9 Å². The van der Waals surface area contributed by atoms with Crippen LogP contribution in [0.5, 0.6) is 0 Å². The predicted molar refractivity (Wildman–Crippen MR) is 56.8 cm³/mol. The van der Waals surface area contributed by atoms with Crippen LogP contribution in [-0.4, -0.2) is 9.97 Å². The van der Waals surface area contributed by atoms with Gasteiger partial charge < -0.3 is 4.98 Å². The molecular formula is C10H9ClN2O. The second-order valence-corrected chi connectivity index (χ2v) is 3.70. The number of halogens is 1. The van der Waals surface area contributed by atoms with E-state index in [1.807, 2.05) is 13.0 Å². The number of fused-ring (bicyclic) bond motifs is 1. The number of nitrogens with one attached hydrogen (secondary N) is 1. The van der Waals surface area contributed by atoms with Crippen LogP contribution < -0.4 is 5.56 Å². The Labute approximate surface area is 85.7 Å². The van der Waals surface area contributed by atoms with E-state index in [2.05, 4.69) is 9.97 Å². The van der Waals surface area contributed by atoms with Gasteiger partial charge in [0.1, 0.15) is 5.82 Å². The van der Waals surface area contributed by atoms with Crippen LogP contribution in [0.3, 0.4) is 0 Å². The van der Waals surface area contributed by atoms with Crippen LogP contribution in [0, 0.1) is 13.8 Å². The second-order valence-electron chi connectivity index (χ2n) is 3.30. The lowest BCUT2D eigenvalue weighted by atomic mass is 10.2. The molecular weight excluding hydrogens is 200 g/mol. The van der Waals surface area contributed by atoms with Crippen LogP contribution in [0.4, 0.5) is 0 Å². The third-order valence-electron chi connectivity index (χ3n) is 2.04. The maximum Gasteiger partial charge on any atom is 0.280 e. The van der Waals surface area contributed by atoms with Gasteiger partial charge in [-0.05, 0) is 31.5 Å². The molecule has 1 aromatic heterocycles. The Morgan fingerprint density at radius 3 is 2.79 bits per heavy atom. The van der Waals surface area contributed by atoms with Crippen LogP contribution >= 0.6 is 11.6 Å². The average Bonchev–Trinajstić information content (AvgIpc) is 2.07. The molecule has 3 nitrogen and oxygen atoms in total. The summed E-state index contributed by atoms with van der Waals surface area (Å²) in [5.74, 6) is 0.577. The van der Waals surface area contributed by atoms with Gasteiger partial charge >= 0.3 is 0 Å². The predicted octanol–water partition coefficient (Wildman–Crippen LogP) is 2.19. The third kappa shape index (κ3) is 1.40. The van der Waals surface area contributed by atoms with Gasteiger partial charge in [-0.3, -0.25) is 4.79 Å². The molecule has 0 aliphatic rings. The molecule has 14 heavy (non-hydrogen) atoms. The van der Waals surface area contributed by atoms with E-state index in [1.54, 1.807) is 13.0 Å². The second kappa shape index (κ2) is 3.10. The first-order valence-electron chi connectivity index (χ1n) is 4.25. The lowest BCUT2D eigenvalue weighted by Crippen LogP contribution is -2.09. The summed E-state index contributed by atoms with van der Waals surface area (Å²) in [7, 11) is 0. The van der Waals surface area contributed by atoms with E-state index in [1.165, 1.54) is 0 Å². The summed E-state index contributed by atoms with van der Waals surface area (Å²) in [4.78, 5) is 18.3. The van der Waals surface area contributed by atoms with Gasteiger partial charge in [0.25, 0.3) is 5.56 Å². The molecule has 1 heterocycles. The van der Waals surface area contributed by atoms with E-state index in [-0.39, 0.29) is 5.56 Å². The maximum absolute atomic E-state index is 11.5. The molecule has 2 rings (SSSR count). The molecule has 0 saturated carbocycles. The summed E-state index contributed by atoms with van der Waals surface area (Å²) >= 11 is 6.01. The van der Waals surface area contributed by atoms with E-state index in [4.69, 9.17) is 11.6 Å². The Kier molecular flexibility index (Phi) is 2.04. The van der Waals surface area contributed by atoms with Crippen molar-refractivity contribution in [2.45, 2.75) is 13.8 Å². The molecule has 0 spiro atoms. The number of H-pyrrole nitrogens is 1. The molecule has 0 radical (unpaired) electrons. The minimum atomic E-state index is -0.234. The van der Waals surface area contributed by atoms with Crippen molar-refractivity contribution < 1.29 is 0 Å². The van der Waals surface area contributed by atoms with Crippen molar-refractivity contribution >= 4 is 22.5 Å². The fourth-order valence-electron chi connectivity index (χ4n) is 1.46. The summed E-state index contributed by atoms with van der Waals surface area (Å²) in [5.41, 5.74) is 1.38. The van der Waals surface area contributed by atoms with Gasteiger partial charge in [-0.1, -0.05) is 11.6 Å². The third-order valence-corrected chi connectivity index (χ3v) is 2.34. The van der Waals surface area contributed by atoms with Crippen molar-refractivity contribution in [3.8, 4) is 0 Å². The van der Waals surface area contributed by atoms with Crippen LogP contribution in [-0.2, 0) is 0 Å². The monoisotopic (exact) mass is 208 g/mol.